The van der Waals surface area contributed by atoms with Gasteiger partial charge in [0.1, 0.15) is 5.75 Å². The molecule has 0 spiro atoms. The van der Waals surface area contributed by atoms with E-state index in [0.717, 1.165) is 16.3 Å². The van der Waals surface area contributed by atoms with Crippen LogP contribution in [0.3, 0.4) is 0 Å². The number of halogens is 1. The molecule has 13 heavy (non-hydrogen) atoms. The van der Waals surface area contributed by atoms with E-state index in [1.165, 1.54) is 19.3 Å². The van der Waals surface area contributed by atoms with Crippen LogP contribution in [0.4, 0.5) is 0 Å². The maximum Gasteiger partial charge on any atom is 0.124 e. The minimum atomic E-state index is 0.428. The molecule has 1 aliphatic rings. The number of rotatable bonds is 2. The monoisotopic (exact) mass is 196 g/mol. The predicted molar refractivity (Wildman–Crippen MR) is 54.5 cm³/mol. The highest BCUT2D eigenvalue weighted by Gasteiger charge is 2.19. The standard InChI is InChI=1S/C11H13ClO/c1-8-10(12)6-3-7-11(8)13-9-4-2-5-9/h3,6-7,9H,2,4-5H2,1H3. The second kappa shape index (κ2) is 3.59. The number of ether oxygens (including phenoxy) is 1. The molecule has 1 saturated carbocycles. The lowest BCUT2D eigenvalue weighted by Gasteiger charge is -2.27. The molecule has 1 aromatic carbocycles. The van der Waals surface area contributed by atoms with Crippen molar-refractivity contribution in [2.24, 2.45) is 0 Å². The SMILES string of the molecule is Cc1c(Cl)cccc1OC1CCC1. The van der Waals surface area contributed by atoms with Gasteiger partial charge in [-0.2, -0.15) is 0 Å². The summed E-state index contributed by atoms with van der Waals surface area (Å²) in [6, 6.07) is 5.81. The molecule has 0 atom stereocenters. The maximum atomic E-state index is 5.98. The fraction of sp³-hybridized carbons (Fsp3) is 0.455. The summed E-state index contributed by atoms with van der Waals surface area (Å²) in [6.45, 7) is 2.00. The third kappa shape index (κ3) is 1.80. The second-order valence-electron chi connectivity index (χ2n) is 3.53. The number of hydrogen-bond acceptors (Lipinski definition) is 1. The summed E-state index contributed by atoms with van der Waals surface area (Å²) in [4.78, 5) is 0. The van der Waals surface area contributed by atoms with E-state index >= 15 is 0 Å². The van der Waals surface area contributed by atoms with Crippen molar-refractivity contribution in [1.29, 1.82) is 0 Å². The highest BCUT2D eigenvalue weighted by atomic mass is 35.5. The summed E-state index contributed by atoms with van der Waals surface area (Å²) in [7, 11) is 0. The molecule has 0 radical (unpaired) electrons. The summed E-state index contributed by atoms with van der Waals surface area (Å²) in [5, 5.41) is 0.789. The maximum absolute atomic E-state index is 5.98. The molecule has 0 heterocycles. The van der Waals surface area contributed by atoms with E-state index < -0.39 is 0 Å². The van der Waals surface area contributed by atoms with Crippen LogP contribution in [0.5, 0.6) is 5.75 Å². The average molecular weight is 197 g/mol. The van der Waals surface area contributed by atoms with Crippen molar-refractivity contribution in [3.63, 3.8) is 0 Å². The van der Waals surface area contributed by atoms with Crippen LogP contribution in [0.1, 0.15) is 24.8 Å². The van der Waals surface area contributed by atoms with Crippen LogP contribution in [0.25, 0.3) is 0 Å². The lowest BCUT2D eigenvalue weighted by atomic mass is 9.96. The van der Waals surface area contributed by atoms with Crippen LogP contribution in [-0.4, -0.2) is 6.10 Å². The summed E-state index contributed by atoms with van der Waals surface area (Å²) >= 11 is 5.98. The zero-order chi connectivity index (χ0) is 9.26. The highest BCUT2D eigenvalue weighted by Crippen LogP contribution is 2.30. The summed E-state index contributed by atoms with van der Waals surface area (Å²) in [5.74, 6) is 0.942. The summed E-state index contributed by atoms with van der Waals surface area (Å²) in [5.41, 5.74) is 1.05. The van der Waals surface area contributed by atoms with Gasteiger partial charge in [-0.25, -0.2) is 0 Å². The normalized spacial score (nSPS) is 16.8. The first-order chi connectivity index (χ1) is 6.27. The van der Waals surface area contributed by atoms with Gasteiger partial charge in [-0.3, -0.25) is 0 Å². The smallest absolute Gasteiger partial charge is 0.124 e. The Balaban J connectivity index is 2.14. The van der Waals surface area contributed by atoms with Crippen LogP contribution in [0.15, 0.2) is 18.2 Å². The Kier molecular flexibility index (Phi) is 2.45. The molecular weight excluding hydrogens is 184 g/mol. The predicted octanol–water partition coefficient (Wildman–Crippen LogP) is 3.58. The van der Waals surface area contributed by atoms with Crippen LogP contribution < -0.4 is 4.74 Å². The fourth-order valence-electron chi connectivity index (χ4n) is 1.38. The van der Waals surface area contributed by atoms with E-state index in [1.54, 1.807) is 0 Å². The molecular formula is C11H13ClO. The average Bonchev–Trinajstić information content (AvgIpc) is 2.04. The first-order valence-electron chi connectivity index (χ1n) is 4.69. The van der Waals surface area contributed by atoms with Gasteiger partial charge in [0.05, 0.1) is 6.10 Å². The van der Waals surface area contributed by atoms with Gasteiger partial charge in [-0.05, 0) is 38.3 Å². The molecule has 2 rings (SSSR count). The molecule has 2 heteroatoms. The van der Waals surface area contributed by atoms with E-state index in [4.69, 9.17) is 16.3 Å². The van der Waals surface area contributed by atoms with E-state index in [9.17, 15) is 0 Å². The molecule has 1 fully saturated rings. The molecule has 0 aliphatic heterocycles. The van der Waals surface area contributed by atoms with Crippen molar-refractivity contribution in [3.05, 3.63) is 28.8 Å². The van der Waals surface area contributed by atoms with Gasteiger partial charge in [0.15, 0.2) is 0 Å². The first-order valence-corrected chi connectivity index (χ1v) is 5.07. The largest absolute Gasteiger partial charge is 0.490 e. The molecule has 70 valence electrons. The van der Waals surface area contributed by atoms with Crippen molar-refractivity contribution in [2.75, 3.05) is 0 Å². The van der Waals surface area contributed by atoms with Crippen LogP contribution >= 0.6 is 11.6 Å². The van der Waals surface area contributed by atoms with Gasteiger partial charge in [0.2, 0.25) is 0 Å². The highest BCUT2D eigenvalue weighted by molar-refractivity contribution is 6.31. The Morgan fingerprint density at radius 1 is 1.38 bits per heavy atom. The van der Waals surface area contributed by atoms with E-state index in [-0.39, 0.29) is 0 Å². The molecule has 1 aliphatic carbocycles. The molecule has 0 N–H and O–H groups in total. The van der Waals surface area contributed by atoms with Crippen molar-refractivity contribution >= 4 is 11.6 Å². The molecule has 0 unspecified atom stereocenters. The first kappa shape index (κ1) is 8.89. The van der Waals surface area contributed by atoms with Crippen molar-refractivity contribution in [3.8, 4) is 5.75 Å². The van der Waals surface area contributed by atoms with Gasteiger partial charge < -0.3 is 4.74 Å². The molecule has 0 aromatic heterocycles. The minimum absolute atomic E-state index is 0.428. The van der Waals surface area contributed by atoms with Crippen LogP contribution in [-0.2, 0) is 0 Å². The van der Waals surface area contributed by atoms with Crippen LogP contribution in [0.2, 0.25) is 5.02 Å². The summed E-state index contributed by atoms with van der Waals surface area (Å²) in [6.07, 6.45) is 4.10. The van der Waals surface area contributed by atoms with Gasteiger partial charge in [0, 0.05) is 10.6 Å². The Hall–Kier alpha value is -0.690. The third-order valence-electron chi connectivity index (χ3n) is 2.56. The van der Waals surface area contributed by atoms with Crippen LogP contribution in [0, 0.1) is 6.92 Å². The van der Waals surface area contributed by atoms with Gasteiger partial charge in [-0.1, -0.05) is 17.7 Å². The Labute approximate surface area is 83.7 Å². The lowest BCUT2D eigenvalue weighted by molar-refractivity contribution is 0.119. The molecule has 0 bridgehead atoms. The van der Waals surface area contributed by atoms with Gasteiger partial charge >= 0.3 is 0 Å². The topological polar surface area (TPSA) is 9.23 Å². The number of hydrogen-bond donors (Lipinski definition) is 0. The van der Waals surface area contributed by atoms with Crippen molar-refractivity contribution in [1.82, 2.24) is 0 Å². The van der Waals surface area contributed by atoms with E-state index in [0.29, 0.717) is 6.10 Å². The third-order valence-corrected chi connectivity index (χ3v) is 2.97. The Bertz CT molecular complexity index is 305. The molecule has 1 nitrogen and oxygen atoms in total. The second-order valence-corrected chi connectivity index (χ2v) is 3.94. The van der Waals surface area contributed by atoms with Gasteiger partial charge in [-0.15, -0.1) is 0 Å². The van der Waals surface area contributed by atoms with Crippen molar-refractivity contribution in [2.45, 2.75) is 32.3 Å². The van der Waals surface area contributed by atoms with Crippen molar-refractivity contribution < 1.29 is 4.74 Å². The van der Waals surface area contributed by atoms with E-state index in [2.05, 4.69) is 0 Å². The zero-order valence-corrected chi connectivity index (χ0v) is 8.47. The number of benzene rings is 1. The fourth-order valence-corrected chi connectivity index (χ4v) is 1.55. The summed E-state index contributed by atoms with van der Waals surface area (Å²) < 4.78 is 5.78. The Morgan fingerprint density at radius 3 is 2.77 bits per heavy atom. The quantitative estimate of drug-likeness (QED) is 0.703. The molecule has 0 saturated heterocycles. The lowest BCUT2D eigenvalue weighted by Crippen LogP contribution is -2.24. The Morgan fingerprint density at radius 2 is 2.15 bits per heavy atom. The van der Waals surface area contributed by atoms with Gasteiger partial charge in [0.25, 0.3) is 0 Å². The molecule has 1 aromatic rings. The van der Waals surface area contributed by atoms with E-state index in [1.807, 2.05) is 25.1 Å². The molecule has 0 amide bonds. The zero-order valence-electron chi connectivity index (χ0n) is 7.72. The minimum Gasteiger partial charge on any atom is -0.490 e.